The molecule has 0 aromatic carbocycles. The zero-order valence-electron chi connectivity index (χ0n) is 8.21. The van der Waals surface area contributed by atoms with E-state index in [9.17, 15) is 4.39 Å². The van der Waals surface area contributed by atoms with Gasteiger partial charge in [-0.1, -0.05) is 26.8 Å². The fourth-order valence-electron chi connectivity index (χ4n) is 1.07. The monoisotopic (exact) mass is 182 g/mol. The lowest BCUT2D eigenvalue weighted by atomic mass is 9.84. The van der Waals surface area contributed by atoms with E-state index in [1.54, 1.807) is 6.07 Å². The van der Waals surface area contributed by atoms with Gasteiger partial charge in [-0.25, -0.2) is 4.98 Å². The molecule has 0 amide bonds. The van der Waals surface area contributed by atoms with Gasteiger partial charge >= 0.3 is 0 Å². The summed E-state index contributed by atoms with van der Waals surface area (Å²) in [7, 11) is 0. The van der Waals surface area contributed by atoms with Gasteiger partial charge < -0.3 is 5.73 Å². The van der Waals surface area contributed by atoms with Gasteiger partial charge in [-0.2, -0.15) is 4.39 Å². The van der Waals surface area contributed by atoms with Crippen molar-refractivity contribution in [2.75, 3.05) is 0 Å². The first kappa shape index (κ1) is 10.1. The van der Waals surface area contributed by atoms with Crippen LogP contribution >= 0.6 is 0 Å². The molecule has 72 valence electrons. The highest BCUT2D eigenvalue weighted by atomic mass is 19.1. The van der Waals surface area contributed by atoms with Crippen molar-refractivity contribution in [1.29, 1.82) is 0 Å². The van der Waals surface area contributed by atoms with Gasteiger partial charge in [-0.05, 0) is 17.0 Å². The summed E-state index contributed by atoms with van der Waals surface area (Å²) < 4.78 is 12.5. The highest BCUT2D eigenvalue weighted by molar-refractivity contribution is 5.15. The average Bonchev–Trinajstić information content (AvgIpc) is 2.03. The Kier molecular flexibility index (Phi) is 2.66. The molecule has 0 aliphatic carbocycles. The molecule has 0 spiro atoms. The molecule has 1 rings (SSSR count). The van der Waals surface area contributed by atoms with Gasteiger partial charge in [0.25, 0.3) is 0 Å². The van der Waals surface area contributed by atoms with E-state index in [1.807, 2.05) is 20.8 Å². The van der Waals surface area contributed by atoms with Crippen LogP contribution in [0.3, 0.4) is 0 Å². The number of hydrogen-bond acceptors (Lipinski definition) is 2. The SMILES string of the molecule is CC(C)(C)[C@@H](N)c1ccc(F)nc1. The van der Waals surface area contributed by atoms with Crippen LogP contribution in [0.5, 0.6) is 0 Å². The predicted octanol–water partition coefficient (Wildman–Crippen LogP) is 2.27. The standard InChI is InChI=1S/C10H15FN2/c1-10(2,3)9(12)7-4-5-8(11)13-6-7/h4-6,9H,12H2,1-3H3/t9-/m0/s1. The number of pyridine rings is 1. The van der Waals surface area contributed by atoms with Crippen LogP contribution < -0.4 is 5.73 Å². The highest BCUT2D eigenvalue weighted by Gasteiger charge is 2.22. The van der Waals surface area contributed by atoms with E-state index in [1.165, 1.54) is 12.3 Å². The van der Waals surface area contributed by atoms with Gasteiger partial charge in [0, 0.05) is 12.2 Å². The van der Waals surface area contributed by atoms with Crippen molar-refractivity contribution in [3.8, 4) is 0 Å². The minimum absolute atomic E-state index is 0.0283. The van der Waals surface area contributed by atoms with E-state index >= 15 is 0 Å². The quantitative estimate of drug-likeness (QED) is 0.676. The van der Waals surface area contributed by atoms with Crippen LogP contribution in [0.2, 0.25) is 0 Å². The van der Waals surface area contributed by atoms with E-state index < -0.39 is 5.95 Å². The molecule has 1 aromatic heterocycles. The van der Waals surface area contributed by atoms with Gasteiger partial charge in [-0.3, -0.25) is 0 Å². The second-order valence-corrected chi connectivity index (χ2v) is 4.26. The normalized spacial score (nSPS) is 14.2. The summed E-state index contributed by atoms with van der Waals surface area (Å²) in [4.78, 5) is 3.57. The van der Waals surface area contributed by atoms with E-state index in [0.29, 0.717) is 0 Å². The van der Waals surface area contributed by atoms with Crippen molar-refractivity contribution < 1.29 is 4.39 Å². The fourth-order valence-corrected chi connectivity index (χ4v) is 1.07. The maximum Gasteiger partial charge on any atom is 0.212 e. The van der Waals surface area contributed by atoms with Crippen molar-refractivity contribution in [2.24, 2.45) is 11.1 Å². The van der Waals surface area contributed by atoms with Crippen molar-refractivity contribution in [1.82, 2.24) is 4.98 Å². The number of halogens is 1. The van der Waals surface area contributed by atoms with Crippen LogP contribution in [0.4, 0.5) is 4.39 Å². The maximum atomic E-state index is 12.5. The molecule has 13 heavy (non-hydrogen) atoms. The first-order valence-electron chi connectivity index (χ1n) is 4.28. The lowest BCUT2D eigenvalue weighted by Crippen LogP contribution is -2.26. The molecule has 0 saturated carbocycles. The molecule has 0 aliphatic heterocycles. The molecule has 0 radical (unpaired) electrons. The molecule has 0 fully saturated rings. The molecule has 0 unspecified atom stereocenters. The zero-order chi connectivity index (χ0) is 10.1. The molecule has 0 saturated heterocycles. The van der Waals surface area contributed by atoms with E-state index in [4.69, 9.17) is 5.73 Å². The van der Waals surface area contributed by atoms with Crippen LogP contribution in [-0.2, 0) is 0 Å². The fraction of sp³-hybridized carbons (Fsp3) is 0.500. The van der Waals surface area contributed by atoms with Gasteiger partial charge in [0.15, 0.2) is 0 Å². The molecule has 0 aliphatic rings. The Labute approximate surface area is 78.0 Å². The molecule has 2 nitrogen and oxygen atoms in total. The van der Waals surface area contributed by atoms with Gasteiger partial charge in [-0.15, -0.1) is 0 Å². The van der Waals surface area contributed by atoms with Crippen molar-refractivity contribution in [3.05, 3.63) is 29.8 Å². The summed E-state index contributed by atoms with van der Waals surface area (Å²) in [5.74, 6) is -0.468. The Hall–Kier alpha value is -0.960. The number of rotatable bonds is 1. The highest BCUT2D eigenvalue weighted by Crippen LogP contribution is 2.29. The van der Waals surface area contributed by atoms with E-state index in [2.05, 4.69) is 4.98 Å². The van der Waals surface area contributed by atoms with Crippen LogP contribution in [0, 0.1) is 11.4 Å². The molecule has 3 heteroatoms. The van der Waals surface area contributed by atoms with Crippen molar-refractivity contribution >= 4 is 0 Å². The summed E-state index contributed by atoms with van der Waals surface area (Å²) in [5, 5.41) is 0. The van der Waals surface area contributed by atoms with Crippen molar-refractivity contribution in [2.45, 2.75) is 26.8 Å². The number of hydrogen-bond donors (Lipinski definition) is 1. The van der Waals surface area contributed by atoms with Gasteiger partial charge in [0.2, 0.25) is 5.95 Å². The molecular weight excluding hydrogens is 167 g/mol. The summed E-state index contributed by atoms with van der Waals surface area (Å²) in [6, 6.07) is 2.90. The van der Waals surface area contributed by atoms with Crippen LogP contribution in [0.15, 0.2) is 18.3 Å². The van der Waals surface area contributed by atoms with Crippen LogP contribution in [0.1, 0.15) is 32.4 Å². The topological polar surface area (TPSA) is 38.9 Å². The summed E-state index contributed by atoms with van der Waals surface area (Å²) in [5.41, 5.74) is 6.80. The Morgan fingerprint density at radius 2 is 2.00 bits per heavy atom. The summed E-state index contributed by atoms with van der Waals surface area (Å²) >= 11 is 0. The third-order valence-corrected chi connectivity index (χ3v) is 2.04. The maximum absolute atomic E-state index is 12.5. The Bertz CT molecular complexity index is 274. The van der Waals surface area contributed by atoms with Crippen LogP contribution in [0.25, 0.3) is 0 Å². The third-order valence-electron chi connectivity index (χ3n) is 2.04. The molecule has 0 bridgehead atoms. The Balaban J connectivity index is 2.90. The minimum Gasteiger partial charge on any atom is -0.323 e. The first-order chi connectivity index (χ1) is 5.91. The summed E-state index contributed by atoms with van der Waals surface area (Å²) in [6.07, 6.45) is 1.49. The predicted molar refractivity (Wildman–Crippen MR) is 50.6 cm³/mol. The smallest absolute Gasteiger partial charge is 0.212 e. The summed E-state index contributed by atoms with van der Waals surface area (Å²) in [6.45, 7) is 6.13. The van der Waals surface area contributed by atoms with Crippen LogP contribution in [-0.4, -0.2) is 4.98 Å². The van der Waals surface area contributed by atoms with Gasteiger partial charge in [0.1, 0.15) is 0 Å². The average molecular weight is 182 g/mol. The molecular formula is C10H15FN2. The lowest BCUT2D eigenvalue weighted by molar-refractivity contribution is 0.326. The number of aromatic nitrogens is 1. The third kappa shape index (κ3) is 2.49. The second kappa shape index (κ2) is 3.42. The number of nitrogens with zero attached hydrogens (tertiary/aromatic N) is 1. The molecule has 2 N–H and O–H groups in total. The van der Waals surface area contributed by atoms with E-state index in [-0.39, 0.29) is 11.5 Å². The molecule has 1 heterocycles. The molecule has 1 atom stereocenters. The Morgan fingerprint density at radius 1 is 1.38 bits per heavy atom. The Morgan fingerprint density at radius 3 is 2.38 bits per heavy atom. The lowest BCUT2D eigenvalue weighted by Gasteiger charge is -2.26. The van der Waals surface area contributed by atoms with E-state index in [0.717, 1.165) is 5.56 Å². The van der Waals surface area contributed by atoms with Gasteiger partial charge in [0.05, 0.1) is 0 Å². The number of nitrogens with two attached hydrogens (primary N) is 1. The molecule has 1 aromatic rings. The zero-order valence-corrected chi connectivity index (χ0v) is 8.21. The second-order valence-electron chi connectivity index (χ2n) is 4.26. The van der Waals surface area contributed by atoms with Crippen molar-refractivity contribution in [3.63, 3.8) is 0 Å². The first-order valence-corrected chi connectivity index (χ1v) is 4.28. The minimum atomic E-state index is -0.468. The largest absolute Gasteiger partial charge is 0.323 e.